The van der Waals surface area contributed by atoms with Gasteiger partial charge in [-0.05, 0) is 24.6 Å². The average Bonchev–Trinajstić information content (AvgIpc) is 2.72. The van der Waals surface area contributed by atoms with Crippen LogP contribution in [0.3, 0.4) is 0 Å². The average molecular weight is 227 g/mol. The monoisotopic (exact) mass is 227 g/mol. The van der Waals surface area contributed by atoms with Crippen LogP contribution in [0.1, 0.15) is 5.56 Å². The number of rotatable bonds is 1. The molecule has 2 aromatic heterocycles. The molecule has 0 amide bonds. The summed E-state index contributed by atoms with van der Waals surface area (Å²) in [6.45, 7) is 2.02. The first-order valence-corrected chi connectivity index (χ1v) is 5.30. The summed E-state index contributed by atoms with van der Waals surface area (Å²) in [6, 6.07) is 9.38. The van der Waals surface area contributed by atoms with Gasteiger partial charge in [0.25, 0.3) is 0 Å². The smallest absolute Gasteiger partial charge is 0.227 e. The first kappa shape index (κ1) is 9.84. The highest BCUT2D eigenvalue weighted by Crippen LogP contribution is 2.23. The minimum absolute atomic E-state index is 0.561. The quantitative estimate of drug-likeness (QED) is 0.512. The number of hydrogen-bond acceptors (Lipinski definition) is 3. The van der Waals surface area contributed by atoms with Gasteiger partial charge in [0, 0.05) is 22.4 Å². The van der Waals surface area contributed by atoms with Gasteiger partial charge in [-0.2, -0.15) is 0 Å². The van der Waals surface area contributed by atoms with Gasteiger partial charge in [0.1, 0.15) is 5.52 Å². The molecule has 2 heterocycles. The lowest BCUT2D eigenvalue weighted by atomic mass is 10.2. The van der Waals surface area contributed by atoms with Gasteiger partial charge in [-0.15, -0.1) is 0 Å². The van der Waals surface area contributed by atoms with Crippen LogP contribution in [0, 0.1) is 6.92 Å². The number of fused-ring (bicyclic) bond motifs is 1. The van der Waals surface area contributed by atoms with E-state index in [0.29, 0.717) is 5.89 Å². The molecule has 0 aliphatic rings. The van der Waals surface area contributed by atoms with Crippen LogP contribution < -0.4 is 4.73 Å². The van der Waals surface area contributed by atoms with Gasteiger partial charge < -0.3 is 4.42 Å². The molecular weight excluding hydrogens is 216 g/mol. The van der Waals surface area contributed by atoms with E-state index in [1.54, 1.807) is 12.1 Å². The Morgan fingerprint density at radius 1 is 1.18 bits per heavy atom. The molecular formula is C13H11N2O2+. The zero-order chi connectivity index (χ0) is 11.8. The predicted molar refractivity (Wildman–Crippen MR) is 61.6 cm³/mol. The Hall–Kier alpha value is -2.36. The molecule has 1 N–H and O–H groups in total. The number of benzene rings is 1. The van der Waals surface area contributed by atoms with Crippen LogP contribution in [0.2, 0.25) is 0 Å². The maximum Gasteiger partial charge on any atom is 0.227 e. The van der Waals surface area contributed by atoms with E-state index in [2.05, 4.69) is 4.98 Å². The molecule has 17 heavy (non-hydrogen) atoms. The van der Waals surface area contributed by atoms with E-state index in [1.165, 1.54) is 12.4 Å². The molecule has 3 rings (SSSR count). The topological polar surface area (TPSA) is 50.1 Å². The van der Waals surface area contributed by atoms with Crippen molar-refractivity contribution in [3.63, 3.8) is 0 Å². The molecule has 3 aromatic rings. The maximum atomic E-state index is 9.15. The summed E-state index contributed by atoms with van der Waals surface area (Å²) >= 11 is 0. The van der Waals surface area contributed by atoms with Crippen LogP contribution in [0.15, 0.2) is 47.1 Å². The van der Waals surface area contributed by atoms with Crippen LogP contribution in [0.5, 0.6) is 0 Å². The van der Waals surface area contributed by atoms with Gasteiger partial charge in [-0.1, -0.05) is 6.07 Å². The van der Waals surface area contributed by atoms with Crippen molar-refractivity contribution in [2.24, 2.45) is 0 Å². The van der Waals surface area contributed by atoms with E-state index in [-0.39, 0.29) is 0 Å². The summed E-state index contributed by atoms with van der Waals surface area (Å²) in [5.41, 5.74) is 3.61. The van der Waals surface area contributed by atoms with Gasteiger partial charge in [-0.25, -0.2) is 4.98 Å². The summed E-state index contributed by atoms with van der Waals surface area (Å²) in [7, 11) is 0. The Kier molecular flexibility index (Phi) is 2.08. The Labute approximate surface area is 97.7 Å². The van der Waals surface area contributed by atoms with Crippen molar-refractivity contribution >= 4 is 11.1 Å². The Balaban J connectivity index is 2.14. The fraction of sp³-hybridized carbons (Fsp3) is 0.0769. The number of aromatic nitrogens is 2. The largest absolute Gasteiger partial charge is 0.436 e. The fourth-order valence-corrected chi connectivity index (χ4v) is 1.72. The maximum absolute atomic E-state index is 9.15. The highest BCUT2D eigenvalue weighted by atomic mass is 16.5. The molecule has 1 aromatic carbocycles. The van der Waals surface area contributed by atoms with Crippen LogP contribution in [0.25, 0.3) is 22.6 Å². The van der Waals surface area contributed by atoms with Crippen molar-refractivity contribution in [1.82, 2.24) is 4.98 Å². The molecule has 84 valence electrons. The van der Waals surface area contributed by atoms with Gasteiger partial charge in [0.2, 0.25) is 18.3 Å². The third-order valence-corrected chi connectivity index (χ3v) is 2.60. The van der Waals surface area contributed by atoms with Crippen molar-refractivity contribution in [2.75, 3.05) is 0 Å². The summed E-state index contributed by atoms with van der Waals surface area (Å²) < 4.78 is 6.63. The minimum Gasteiger partial charge on any atom is -0.436 e. The van der Waals surface area contributed by atoms with Crippen molar-refractivity contribution in [1.29, 1.82) is 0 Å². The SMILES string of the molecule is Cc1ccc2oc(-c3cc[n+](O)cc3)nc2c1. The van der Waals surface area contributed by atoms with Crippen molar-refractivity contribution < 1.29 is 14.4 Å². The van der Waals surface area contributed by atoms with Crippen molar-refractivity contribution in [2.45, 2.75) is 6.92 Å². The standard InChI is InChI=1S/C13H11N2O2/c1-9-2-3-12-11(8-9)14-13(17-12)10-4-6-15(16)7-5-10/h2-8,16H,1H3/q+1. The van der Waals surface area contributed by atoms with Gasteiger partial charge >= 0.3 is 0 Å². The van der Waals surface area contributed by atoms with Crippen LogP contribution in [0.4, 0.5) is 0 Å². The molecule has 0 spiro atoms. The molecule has 0 saturated carbocycles. The number of aryl methyl sites for hydroxylation is 1. The van der Waals surface area contributed by atoms with Crippen molar-refractivity contribution in [3.8, 4) is 11.5 Å². The number of hydrogen-bond donors (Lipinski definition) is 1. The lowest BCUT2D eigenvalue weighted by Crippen LogP contribution is -2.27. The first-order chi connectivity index (χ1) is 8.22. The summed E-state index contributed by atoms with van der Waals surface area (Å²) in [6.07, 6.45) is 3.07. The van der Waals surface area contributed by atoms with Crippen LogP contribution in [-0.2, 0) is 0 Å². The lowest BCUT2D eigenvalue weighted by Gasteiger charge is -1.90. The third-order valence-electron chi connectivity index (χ3n) is 2.60. The molecule has 0 fully saturated rings. The second kappa shape index (κ2) is 3.59. The molecule has 0 saturated heterocycles. The highest BCUT2D eigenvalue weighted by molar-refractivity contribution is 5.76. The Bertz CT molecular complexity index is 671. The molecule has 0 aliphatic heterocycles. The van der Waals surface area contributed by atoms with E-state index in [4.69, 9.17) is 9.62 Å². The molecule has 0 bridgehead atoms. The van der Waals surface area contributed by atoms with Crippen LogP contribution in [-0.4, -0.2) is 10.2 Å². The Morgan fingerprint density at radius 2 is 1.94 bits per heavy atom. The summed E-state index contributed by atoms with van der Waals surface area (Å²) in [5.74, 6) is 0.561. The van der Waals surface area contributed by atoms with Crippen molar-refractivity contribution in [3.05, 3.63) is 48.3 Å². The van der Waals surface area contributed by atoms with E-state index in [1.807, 2.05) is 25.1 Å². The van der Waals surface area contributed by atoms with E-state index < -0.39 is 0 Å². The van der Waals surface area contributed by atoms with Crippen LogP contribution >= 0.6 is 0 Å². The normalized spacial score (nSPS) is 10.9. The zero-order valence-electron chi connectivity index (χ0n) is 9.29. The highest BCUT2D eigenvalue weighted by Gasteiger charge is 2.09. The van der Waals surface area contributed by atoms with Gasteiger partial charge in [0.15, 0.2) is 5.58 Å². The molecule has 4 heteroatoms. The number of oxazole rings is 1. The lowest BCUT2D eigenvalue weighted by molar-refractivity contribution is -0.904. The predicted octanol–water partition coefficient (Wildman–Crippen LogP) is 2.33. The first-order valence-electron chi connectivity index (χ1n) is 5.30. The molecule has 0 atom stereocenters. The number of nitrogens with zero attached hydrogens (tertiary/aromatic N) is 2. The molecule has 4 nitrogen and oxygen atoms in total. The Morgan fingerprint density at radius 3 is 2.71 bits per heavy atom. The second-order valence-corrected chi connectivity index (χ2v) is 3.96. The van der Waals surface area contributed by atoms with E-state index >= 15 is 0 Å². The molecule has 0 radical (unpaired) electrons. The van der Waals surface area contributed by atoms with E-state index in [9.17, 15) is 0 Å². The minimum atomic E-state index is 0.561. The summed E-state index contributed by atoms with van der Waals surface area (Å²) in [4.78, 5) is 4.42. The van der Waals surface area contributed by atoms with E-state index in [0.717, 1.165) is 27.0 Å². The number of pyridine rings is 1. The third kappa shape index (κ3) is 1.73. The zero-order valence-corrected chi connectivity index (χ0v) is 9.29. The summed E-state index contributed by atoms with van der Waals surface area (Å²) in [5, 5.41) is 9.15. The molecule has 0 unspecified atom stereocenters. The van der Waals surface area contributed by atoms with Gasteiger partial charge in [-0.3, -0.25) is 5.21 Å². The molecule has 0 aliphatic carbocycles. The second-order valence-electron chi connectivity index (χ2n) is 3.96. The van der Waals surface area contributed by atoms with Gasteiger partial charge in [0.05, 0.1) is 0 Å². The fourth-order valence-electron chi connectivity index (χ4n) is 1.72.